The number of fused-ring (bicyclic) bond motifs is 2. The van der Waals surface area contributed by atoms with E-state index < -0.39 is 0 Å². The van der Waals surface area contributed by atoms with Crippen molar-refractivity contribution < 1.29 is 14.2 Å². The fourth-order valence-electron chi connectivity index (χ4n) is 4.04. The molecule has 7 nitrogen and oxygen atoms in total. The molecule has 0 amide bonds. The molecule has 1 aliphatic rings. The summed E-state index contributed by atoms with van der Waals surface area (Å²) in [5.41, 5.74) is 2.79. The summed E-state index contributed by atoms with van der Waals surface area (Å²) in [6.45, 7) is 0.547. The maximum Gasteiger partial charge on any atom is 0.282 e. The molecule has 182 valence electrons. The van der Waals surface area contributed by atoms with E-state index in [0.717, 1.165) is 16.9 Å². The van der Waals surface area contributed by atoms with E-state index in [9.17, 15) is 4.79 Å². The molecule has 0 unspecified atom stereocenters. The third-order valence-corrected chi connectivity index (χ3v) is 6.19. The van der Waals surface area contributed by atoms with Crippen molar-refractivity contribution in [3.8, 4) is 28.6 Å². The fourth-order valence-corrected chi connectivity index (χ4v) is 4.28. The van der Waals surface area contributed by atoms with E-state index in [4.69, 9.17) is 30.8 Å². The lowest BCUT2D eigenvalue weighted by Gasteiger charge is -2.10. The van der Waals surface area contributed by atoms with Crippen LogP contribution in [-0.2, 0) is 6.61 Å². The summed E-state index contributed by atoms with van der Waals surface area (Å²) < 4.78 is 18.0. The molecular weight excluding hydrogens is 490 g/mol. The predicted octanol–water partition coefficient (Wildman–Crippen LogP) is 5.91. The molecule has 0 atom stereocenters. The molecule has 0 spiro atoms. The van der Waals surface area contributed by atoms with Crippen LogP contribution >= 0.6 is 11.6 Å². The molecule has 1 aromatic heterocycles. The molecule has 8 heteroatoms. The third kappa shape index (κ3) is 4.64. The van der Waals surface area contributed by atoms with Crippen LogP contribution in [0.4, 0.5) is 0 Å². The lowest BCUT2D eigenvalue weighted by Crippen LogP contribution is -2.20. The first-order chi connectivity index (χ1) is 18.2. The first kappa shape index (κ1) is 22.8. The minimum Gasteiger partial charge on any atom is -0.487 e. The van der Waals surface area contributed by atoms with Gasteiger partial charge in [-0.05, 0) is 53.6 Å². The van der Waals surface area contributed by atoms with Crippen molar-refractivity contribution in [2.45, 2.75) is 6.61 Å². The Kier molecular flexibility index (Phi) is 6.04. The van der Waals surface area contributed by atoms with Crippen LogP contribution in [0.25, 0.3) is 22.3 Å². The highest BCUT2D eigenvalue weighted by Gasteiger charge is 2.14. The van der Waals surface area contributed by atoms with Crippen LogP contribution in [0.3, 0.4) is 0 Å². The highest BCUT2D eigenvalue weighted by atomic mass is 35.5. The van der Waals surface area contributed by atoms with Crippen LogP contribution in [0.15, 0.2) is 101 Å². The molecular formula is C29H20ClN3O4. The Bertz CT molecular complexity index is 1700. The van der Waals surface area contributed by atoms with Crippen molar-refractivity contribution in [3.05, 3.63) is 117 Å². The highest BCUT2D eigenvalue weighted by molar-refractivity contribution is 6.32. The van der Waals surface area contributed by atoms with Gasteiger partial charge in [-0.25, -0.2) is 4.98 Å². The van der Waals surface area contributed by atoms with E-state index in [0.29, 0.717) is 45.4 Å². The highest BCUT2D eigenvalue weighted by Crippen LogP contribution is 2.33. The summed E-state index contributed by atoms with van der Waals surface area (Å²) in [6.07, 6.45) is 1.58. The van der Waals surface area contributed by atoms with Crippen molar-refractivity contribution in [1.29, 1.82) is 0 Å². The molecule has 6 rings (SSSR count). The van der Waals surface area contributed by atoms with Gasteiger partial charge in [-0.3, -0.25) is 4.79 Å². The molecule has 0 radical (unpaired) electrons. The normalized spacial score (nSPS) is 12.4. The van der Waals surface area contributed by atoms with E-state index >= 15 is 0 Å². The van der Waals surface area contributed by atoms with E-state index in [1.807, 2.05) is 72.8 Å². The third-order valence-electron chi connectivity index (χ3n) is 5.90. The molecule has 37 heavy (non-hydrogen) atoms. The quantitative estimate of drug-likeness (QED) is 0.266. The zero-order valence-electron chi connectivity index (χ0n) is 19.5. The molecule has 5 aromatic rings. The molecule has 0 fully saturated rings. The number of para-hydroxylation sites is 1. The van der Waals surface area contributed by atoms with E-state index in [-0.39, 0.29) is 12.4 Å². The average molecular weight is 510 g/mol. The second-order valence-corrected chi connectivity index (χ2v) is 8.75. The van der Waals surface area contributed by atoms with Crippen molar-refractivity contribution in [1.82, 2.24) is 9.66 Å². The van der Waals surface area contributed by atoms with Crippen LogP contribution in [0, 0.1) is 0 Å². The van der Waals surface area contributed by atoms with Gasteiger partial charge >= 0.3 is 0 Å². The molecule has 0 saturated heterocycles. The monoisotopic (exact) mass is 509 g/mol. The molecule has 4 aromatic carbocycles. The van der Waals surface area contributed by atoms with Crippen molar-refractivity contribution in [2.24, 2.45) is 5.10 Å². The van der Waals surface area contributed by atoms with E-state index in [2.05, 4.69) is 5.10 Å². The van der Waals surface area contributed by atoms with Crippen molar-refractivity contribution >= 4 is 28.7 Å². The van der Waals surface area contributed by atoms with Crippen molar-refractivity contribution in [2.75, 3.05) is 6.79 Å². The lowest BCUT2D eigenvalue weighted by molar-refractivity contribution is 0.174. The predicted molar refractivity (Wildman–Crippen MR) is 143 cm³/mol. The van der Waals surface area contributed by atoms with Gasteiger partial charge in [0.2, 0.25) is 6.79 Å². The van der Waals surface area contributed by atoms with Gasteiger partial charge in [0, 0.05) is 5.56 Å². The standard InChI is InChI=1S/C29H20ClN3O4/c30-23-14-19(10-12-25(23)35-17-20-11-13-26-27(15-20)37-18-36-26)16-31-33-28(21-6-2-1-3-7-21)32-24-9-5-4-8-22(24)29(33)34/h1-16H,17-18H2. The number of halogens is 1. The van der Waals surface area contributed by atoms with Gasteiger partial charge < -0.3 is 14.2 Å². The van der Waals surface area contributed by atoms with Crippen LogP contribution in [0.2, 0.25) is 5.02 Å². The summed E-state index contributed by atoms with van der Waals surface area (Å²) in [7, 11) is 0. The topological polar surface area (TPSA) is 74.9 Å². The first-order valence-corrected chi connectivity index (χ1v) is 12.0. The van der Waals surface area contributed by atoms with E-state index in [1.54, 1.807) is 24.4 Å². The SMILES string of the molecule is O=c1c2ccccc2nc(-c2ccccc2)n1N=Cc1ccc(OCc2ccc3c(c2)OCO3)c(Cl)c1. The minimum atomic E-state index is -0.254. The molecule has 0 saturated carbocycles. The summed E-state index contributed by atoms with van der Waals surface area (Å²) in [6, 6.07) is 27.7. The Morgan fingerprint density at radius 1 is 0.946 bits per heavy atom. The number of nitrogens with zero attached hydrogens (tertiary/aromatic N) is 3. The number of hydrogen-bond donors (Lipinski definition) is 0. The molecule has 0 aliphatic carbocycles. The van der Waals surface area contributed by atoms with Crippen LogP contribution in [0.5, 0.6) is 17.2 Å². The Morgan fingerprint density at radius 3 is 2.62 bits per heavy atom. The Morgan fingerprint density at radius 2 is 1.76 bits per heavy atom. The van der Waals surface area contributed by atoms with Gasteiger partial charge in [0.1, 0.15) is 12.4 Å². The van der Waals surface area contributed by atoms with Gasteiger partial charge in [-0.1, -0.05) is 60.1 Å². The number of ether oxygens (including phenoxy) is 3. The van der Waals surface area contributed by atoms with Gasteiger partial charge in [0.25, 0.3) is 5.56 Å². The van der Waals surface area contributed by atoms with Gasteiger partial charge in [0.15, 0.2) is 17.3 Å². The number of rotatable bonds is 6. The Labute approximate surface area is 217 Å². The van der Waals surface area contributed by atoms with Crippen LogP contribution in [-0.4, -0.2) is 22.7 Å². The lowest BCUT2D eigenvalue weighted by atomic mass is 10.2. The summed E-state index contributed by atoms with van der Waals surface area (Å²) in [5.74, 6) is 2.41. The number of hydrogen-bond acceptors (Lipinski definition) is 6. The maximum absolute atomic E-state index is 13.3. The van der Waals surface area contributed by atoms with E-state index in [1.165, 1.54) is 4.68 Å². The van der Waals surface area contributed by atoms with Crippen LogP contribution in [0.1, 0.15) is 11.1 Å². The summed E-state index contributed by atoms with van der Waals surface area (Å²) >= 11 is 6.50. The molecule has 0 bridgehead atoms. The molecule has 0 N–H and O–H groups in total. The Balaban J connectivity index is 1.27. The van der Waals surface area contributed by atoms with Gasteiger partial charge in [-0.2, -0.15) is 9.78 Å². The smallest absolute Gasteiger partial charge is 0.282 e. The molecule has 1 aliphatic heterocycles. The zero-order chi connectivity index (χ0) is 25.2. The largest absolute Gasteiger partial charge is 0.487 e. The summed E-state index contributed by atoms with van der Waals surface area (Å²) in [5, 5.41) is 5.41. The first-order valence-electron chi connectivity index (χ1n) is 11.6. The number of aromatic nitrogens is 2. The summed E-state index contributed by atoms with van der Waals surface area (Å²) in [4.78, 5) is 18.0. The fraction of sp³-hybridized carbons (Fsp3) is 0.0690. The Hall–Kier alpha value is -4.62. The number of benzene rings is 4. The van der Waals surface area contributed by atoms with Gasteiger partial charge in [0.05, 0.1) is 22.1 Å². The van der Waals surface area contributed by atoms with Gasteiger partial charge in [-0.15, -0.1) is 0 Å². The maximum atomic E-state index is 13.3. The molecule has 2 heterocycles. The average Bonchev–Trinajstić information content (AvgIpc) is 3.40. The second-order valence-electron chi connectivity index (χ2n) is 8.35. The second kappa shape index (κ2) is 9.79. The van der Waals surface area contributed by atoms with Crippen molar-refractivity contribution in [3.63, 3.8) is 0 Å². The van der Waals surface area contributed by atoms with Crippen LogP contribution < -0.4 is 19.8 Å². The minimum absolute atomic E-state index is 0.225. The zero-order valence-corrected chi connectivity index (χ0v) is 20.3.